The lowest BCUT2D eigenvalue weighted by Gasteiger charge is -2.30. The Labute approximate surface area is 156 Å². The zero-order valence-corrected chi connectivity index (χ0v) is 15.1. The van der Waals surface area contributed by atoms with Crippen LogP contribution in [-0.4, -0.2) is 34.0 Å². The van der Waals surface area contributed by atoms with E-state index in [1.165, 1.54) is 12.1 Å². The van der Waals surface area contributed by atoms with Crippen LogP contribution < -0.4 is 0 Å². The maximum Gasteiger partial charge on any atom is 0.253 e. The molecule has 0 N–H and O–H groups in total. The first-order valence-corrected chi connectivity index (χ1v) is 9.05. The van der Waals surface area contributed by atoms with E-state index < -0.39 is 0 Å². The van der Waals surface area contributed by atoms with E-state index in [9.17, 15) is 9.18 Å². The maximum atomic E-state index is 13.0. The van der Waals surface area contributed by atoms with Gasteiger partial charge in [-0.05, 0) is 56.2 Å². The number of carbonyl (C=O) groups is 1. The highest BCUT2D eigenvalue weighted by Crippen LogP contribution is 2.29. The molecule has 2 heterocycles. The normalized spacial score (nSPS) is 15.1. The van der Waals surface area contributed by atoms with Crippen LogP contribution in [0.5, 0.6) is 0 Å². The molecule has 4 rings (SSSR count). The second-order valence-electron chi connectivity index (χ2n) is 6.90. The van der Waals surface area contributed by atoms with Gasteiger partial charge in [0, 0.05) is 30.1 Å². The monoisotopic (exact) mass is 365 g/mol. The van der Waals surface area contributed by atoms with Gasteiger partial charge in [-0.15, -0.1) is 0 Å². The summed E-state index contributed by atoms with van der Waals surface area (Å²) in [6, 6.07) is 13.7. The molecule has 0 radical (unpaired) electrons. The van der Waals surface area contributed by atoms with Crippen LogP contribution >= 0.6 is 0 Å². The molecule has 0 atom stereocenters. The quantitative estimate of drug-likeness (QED) is 0.698. The fourth-order valence-electron chi connectivity index (χ4n) is 3.33. The van der Waals surface area contributed by atoms with E-state index in [0.717, 1.165) is 29.5 Å². The lowest BCUT2D eigenvalue weighted by Crippen LogP contribution is -2.38. The molecule has 1 aliphatic heterocycles. The van der Waals surface area contributed by atoms with Gasteiger partial charge in [0.2, 0.25) is 11.7 Å². The number of halogens is 1. The van der Waals surface area contributed by atoms with Gasteiger partial charge in [0.25, 0.3) is 5.91 Å². The van der Waals surface area contributed by atoms with Crippen LogP contribution in [0.3, 0.4) is 0 Å². The summed E-state index contributed by atoms with van der Waals surface area (Å²) in [5.41, 5.74) is 2.58. The number of aryl methyl sites for hydroxylation is 1. The average molecular weight is 365 g/mol. The van der Waals surface area contributed by atoms with Gasteiger partial charge in [-0.3, -0.25) is 4.79 Å². The molecule has 2 aromatic carbocycles. The third kappa shape index (κ3) is 3.74. The van der Waals surface area contributed by atoms with Crippen molar-refractivity contribution in [2.45, 2.75) is 25.7 Å². The molecule has 1 saturated heterocycles. The van der Waals surface area contributed by atoms with Gasteiger partial charge >= 0.3 is 0 Å². The fraction of sp³-hybridized carbons (Fsp3) is 0.286. The van der Waals surface area contributed by atoms with E-state index in [2.05, 4.69) is 10.1 Å². The number of piperidine rings is 1. The Balaban J connectivity index is 1.40. The summed E-state index contributed by atoms with van der Waals surface area (Å²) >= 11 is 0. The van der Waals surface area contributed by atoms with E-state index in [4.69, 9.17) is 4.52 Å². The maximum absolute atomic E-state index is 13.0. The Morgan fingerprint density at radius 2 is 1.74 bits per heavy atom. The number of benzene rings is 2. The summed E-state index contributed by atoms with van der Waals surface area (Å²) in [5, 5.41) is 4.01. The molecule has 0 unspecified atom stereocenters. The van der Waals surface area contributed by atoms with Crippen molar-refractivity contribution in [1.29, 1.82) is 0 Å². The number of hydrogen-bond acceptors (Lipinski definition) is 4. The molecule has 0 spiro atoms. The highest BCUT2D eigenvalue weighted by molar-refractivity contribution is 5.94. The first-order chi connectivity index (χ1) is 13.1. The number of likely N-dealkylation sites (tertiary alicyclic amines) is 1. The van der Waals surface area contributed by atoms with Crippen molar-refractivity contribution in [3.63, 3.8) is 0 Å². The molecule has 0 saturated carbocycles. The van der Waals surface area contributed by atoms with E-state index in [1.54, 1.807) is 12.1 Å². The van der Waals surface area contributed by atoms with Crippen molar-refractivity contribution in [2.24, 2.45) is 0 Å². The van der Waals surface area contributed by atoms with Crippen molar-refractivity contribution >= 4 is 5.91 Å². The highest BCUT2D eigenvalue weighted by atomic mass is 19.1. The van der Waals surface area contributed by atoms with Crippen LogP contribution in [0, 0.1) is 12.7 Å². The molecule has 27 heavy (non-hydrogen) atoms. The standard InChI is InChI=1S/C21H20FN3O2/c1-14-2-4-17(5-3-14)21(26)25-12-10-16(11-13-25)20-23-19(24-27-20)15-6-8-18(22)9-7-15/h2-9,16H,10-13H2,1H3. The molecule has 0 aliphatic carbocycles. The largest absolute Gasteiger partial charge is 0.339 e. The van der Waals surface area contributed by atoms with E-state index in [1.807, 2.05) is 36.1 Å². The summed E-state index contributed by atoms with van der Waals surface area (Å²) in [6.45, 7) is 3.32. The van der Waals surface area contributed by atoms with Gasteiger partial charge in [-0.2, -0.15) is 4.98 Å². The first kappa shape index (κ1) is 17.4. The summed E-state index contributed by atoms with van der Waals surface area (Å²) < 4.78 is 18.5. The van der Waals surface area contributed by atoms with Gasteiger partial charge in [-0.1, -0.05) is 22.9 Å². The van der Waals surface area contributed by atoms with Crippen LogP contribution in [-0.2, 0) is 0 Å². The average Bonchev–Trinajstić information content (AvgIpc) is 3.19. The number of nitrogens with zero attached hydrogens (tertiary/aromatic N) is 3. The molecule has 5 nitrogen and oxygen atoms in total. The van der Waals surface area contributed by atoms with Crippen LogP contribution in [0.15, 0.2) is 53.1 Å². The molecule has 0 bridgehead atoms. The molecule has 1 aromatic heterocycles. The predicted molar refractivity (Wildman–Crippen MR) is 98.7 cm³/mol. The number of amides is 1. The Hall–Kier alpha value is -3.02. The summed E-state index contributed by atoms with van der Waals surface area (Å²) in [5.74, 6) is 0.938. The molecule has 1 fully saturated rings. The van der Waals surface area contributed by atoms with Crippen molar-refractivity contribution in [3.8, 4) is 11.4 Å². The predicted octanol–water partition coefficient (Wildman–Crippen LogP) is 4.20. The smallest absolute Gasteiger partial charge is 0.253 e. The van der Waals surface area contributed by atoms with Crippen LogP contribution in [0.4, 0.5) is 4.39 Å². The Morgan fingerprint density at radius 3 is 2.41 bits per heavy atom. The van der Waals surface area contributed by atoms with Crippen LogP contribution in [0.25, 0.3) is 11.4 Å². The zero-order chi connectivity index (χ0) is 18.8. The zero-order valence-electron chi connectivity index (χ0n) is 15.1. The number of aromatic nitrogens is 2. The van der Waals surface area contributed by atoms with Crippen LogP contribution in [0.1, 0.15) is 40.6 Å². The Kier molecular flexibility index (Phi) is 4.71. The Morgan fingerprint density at radius 1 is 1.07 bits per heavy atom. The van der Waals surface area contributed by atoms with Gasteiger partial charge in [0.15, 0.2) is 0 Å². The molecule has 3 aromatic rings. The van der Waals surface area contributed by atoms with E-state index in [0.29, 0.717) is 24.8 Å². The van der Waals surface area contributed by atoms with Gasteiger partial charge in [-0.25, -0.2) is 4.39 Å². The molecule has 6 heteroatoms. The van der Waals surface area contributed by atoms with Crippen molar-refractivity contribution < 1.29 is 13.7 Å². The van der Waals surface area contributed by atoms with Gasteiger partial charge in [0.1, 0.15) is 5.82 Å². The minimum absolute atomic E-state index is 0.0611. The summed E-state index contributed by atoms with van der Waals surface area (Å²) in [6.07, 6.45) is 1.56. The highest BCUT2D eigenvalue weighted by Gasteiger charge is 2.28. The molecular weight excluding hydrogens is 345 g/mol. The van der Waals surface area contributed by atoms with Crippen molar-refractivity contribution in [1.82, 2.24) is 15.0 Å². The van der Waals surface area contributed by atoms with Gasteiger partial charge < -0.3 is 9.42 Å². The second kappa shape index (κ2) is 7.31. The lowest BCUT2D eigenvalue weighted by molar-refractivity contribution is 0.0704. The molecule has 1 amide bonds. The van der Waals surface area contributed by atoms with Crippen LogP contribution in [0.2, 0.25) is 0 Å². The SMILES string of the molecule is Cc1ccc(C(=O)N2CCC(c3nc(-c4ccc(F)cc4)no3)CC2)cc1. The molecule has 1 aliphatic rings. The minimum Gasteiger partial charge on any atom is -0.339 e. The van der Waals surface area contributed by atoms with E-state index >= 15 is 0 Å². The fourth-order valence-corrected chi connectivity index (χ4v) is 3.33. The van der Waals surface area contributed by atoms with E-state index in [-0.39, 0.29) is 17.6 Å². The third-order valence-corrected chi connectivity index (χ3v) is 4.97. The molecule has 138 valence electrons. The van der Waals surface area contributed by atoms with Gasteiger partial charge in [0.05, 0.1) is 0 Å². The first-order valence-electron chi connectivity index (χ1n) is 9.05. The number of hydrogen-bond donors (Lipinski definition) is 0. The summed E-state index contributed by atoms with van der Waals surface area (Å²) in [7, 11) is 0. The third-order valence-electron chi connectivity index (χ3n) is 4.97. The van der Waals surface area contributed by atoms with Crippen molar-refractivity contribution in [3.05, 3.63) is 71.4 Å². The number of rotatable bonds is 3. The minimum atomic E-state index is -0.298. The summed E-state index contributed by atoms with van der Waals surface area (Å²) in [4.78, 5) is 19.0. The number of carbonyl (C=O) groups excluding carboxylic acids is 1. The lowest BCUT2D eigenvalue weighted by atomic mass is 9.96. The topological polar surface area (TPSA) is 59.2 Å². The molecular formula is C21H20FN3O2. The van der Waals surface area contributed by atoms with Crippen molar-refractivity contribution in [2.75, 3.05) is 13.1 Å². The Bertz CT molecular complexity index is 927. The second-order valence-corrected chi connectivity index (χ2v) is 6.90.